The second-order valence-electron chi connectivity index (χ2n) is 4.51. The van der Waals surface area contributed by atoms with Gasteiger partial charge < -0.3 is 0 Å². The highest BCUT2D eigenvalue weighted by atomic mass is 79.9. The molecule has 0 amide bonds. The van der Waals surface area contributed by atoms with Crippen LogP contribution in [0.2, 0.25) is 18.1 Å². The summed E-state index contributed by atoms with van der Waals surface area (Å²) in [6, 6.07) is 4.94. The van der Waals surface area contributed by atoms with Gasteiger partial charge in [-0.05, 0) is 12.3 Å². The molecule has 0 aromatic heterocycles. The highest BCUT2D eigenvalue weighted by Gasteiger charge is 2.20. The van der Waals surface area contributed by atoms with E-state index in [2.05, 4.69) is 22.9 Å². The second-order valence-corrected chi connectivity index (χ2v) is 8.76. The summed E-state index contributed by atoms with van der Waals surface area (Å²) in [6.07, 6.45) is 7.47. The fourth-order valence-corrected chi connectivity index (χ4v) is 6.84. The number of unbranched alkanes of at least 4 members (excludes halogenated alkanes) is 1. The minimum Gasteiger partial charge on any atom is -0.0928 e. The SMILES string of the molecule is CCCC[SiH]1CCC(CCBr)CC1. The van der Waals surface area contributed by atoms with Crippen LogP contribution in [0.3, 0.4) is 0 Å². The molecule has 1 aliphatic heterocycles. The van der Waals surface area contributed by atoms with Crippen LogP contribution in [0.4, 0.5) is 0 Å². The average Bonchev–Trinajstić information content (AvgIpc) is 2.17. The number of alkyl halides is 1. The molecule has 1 fully saturated rings. The van der Waals surface area contributed by atoms with E-state index in [0.717, 1.165) is 5.92 Å². The van der Waals surface area contributed by atoms with Gasteiger partial charge >= 0.3 is 0 Å². The summed E-state index contributed by atoms with van der Waals surface area (Å²) >= 11 is 3.55. The average molecular weight is 263 g/mol. The maximum Gasteiger partial charge on any atom is 0.0368 e. The fraction of sp³-hybridized carbons (Fsp3) is 1.00. The van der Waals surface area contributed by atoms with Gasteiger partial charge in [0.25, 0.3) is 0 Å². The molecule has 0 atom stereocenters. The molecule has 0 nitrogen and oxygen atoms in total. The lowest BCUT2D eigenvalue weighted by Gasteiger charge is -2.27. The summed E-state index contributed by atoms with van der Waals surface area (Å²) in [4.78, 5) is 0. The maximum absolute atomic E-state index is 3.55. The van der Waals surface area contributed by atoms with Crippen LogP contribution >= 0.6 is 15.9 Å². The molecule has 0 radical (unpaired) electrons. The van der Waals surface area contributed by atoms with Crippen LogP contribution < -0.4 is 0 Å². The first-order chi connectivity index (χ1) is 6.36. The second kappa shape index (κ2) is 7.05. The number of hydrogen-bond donors (Lipinski definition) is 0. The number of halogens is 1. The summed E-state index contributed by atoms with van der Waals surface area (Å²) in [5.41, 5.74) is 0. The predicted octanol–water partition coefficient (Wildman–Crippen LogP) is 4.21. The summed E-state index contributed by atoms with van der Waals surface area (Å²) in [5.74, 6) is 1.07. The van der Waals surface area contributed by atoms with Crippen LogP contribution in [0.15, 0.2) is 0 Å². The van der Waals surface area contributed by atoms with Gasteiger partial charge in [0.2, 0.25) is 0 Å². The van der Waals surface area contributed by atoms with Gasteiger partial charge in [0.15, 0.2) is 0 Å². The van der Waals surface area contributed by atoms with E-state index in [1.54, 1.807) is 31.0 Å². The van der Waals surface area contributed by atoms with Gasteiger partial charge in [-0.15, -0.1) is 0 Å². The molecule has 0 spiro atoms. The van der Waals surface area contributed by atoms with Gasteiger partial charge in [0.05, 0.1) is 0 Å². The minimum atomic E-state index is -0.223. The van der Waals surface area contributed by atoms with Gasteiger partial charge in [-0.2, -0.15) is 0 Å². The highest BCUT2D eigenvalue weighted by molar-refractivity contribution is 9.09. The molecule has 0 saturated carbocycles. The van der Waals surface area contributed by atoms with Crippen LogP contribution in [0.5, 0.6) is 0 Å². The zero-order chi connectivity index (χ0) is 9.52. The molecule has 1 heterocycles. The lowest BCUT2D eigenvalue weighted by molar-refractivity contribution is 0.460. The molecule has 1 saturated heterocycles. The monoisotopic (exact) mass is 262 g/mol. The van der Waals surface area contributed by atoms with E-state index in [9.17, 15) is 0 Å². The third-order valence-corrected chi connectivity index (χ3v) is 7.43. The van der Waals surface area contributed by atoms with Crippen LogP contribution in [0.1, 0.15) is 39.0 Å². The molecule has 0 aliphatic carbocycles. The van der Waals surface area contributed by atoms with Gasteiger partial charge in [-0.3, -0.25) is 0 Å². The van der Waals surface area contributed by atoms with Gasteiger partial charge in [-0.25, -0.2) is 0 Å². The van der Waals surface area contributed by atoms with Crippen LogP contribution in [0.25, 0.3) is 0 Å². The molecule has 13 heavy (non-hydrogen) atoms. The van der Waals surface area contributed by atoms with Crippen molar-refractivity contribution in [3.63, 3.8) is 0 Å². The Morgan fingerprint density at radius 3 is 2.54 bits per heavy atom. The molecule has 0 aromatic carbocycles. The van der Waals surface area contributed by atoms with Crippen molar-refractivity contribution in [1.82, 2.24) is 0 Å². The molecule has 0 N–H and O–H groups in total. The zero-order valence-electron chi connectivity index (χ0n) is 8.90. The molecule has 1 aliphatic rings. The third kappa shape index (κ3) is 4.64. The van der Waals surface area contributed by atoms with Crippen molar-refractivity contribution in [3.05, 3.63) is 0 Å². The first kappa shape index (κ1) is 11.8. The van der Waals surface area contributed by atoms with Crippen molar-refractivity contribution >= 4 is 24.7 Å². The van der Waals surface area contributed by atoms with E-state index in [0.29, 0.717) is 0 Å². The molecule has 0 bridgehead atoms. The van der Waals surface area contributed by atoms with Crippen molar-refractivity contribution in [1.29, 1.82) is 0 Å². The molecule has 2 heteroatoms. The summed E-state index contributed by atoms with van der Waals surface area (Å²) < 4.78 is 0. The van der Waals surface area contributed by atoms with E-state index >= 15 is 0 Å². The van der Waals surface area contributed by atoms with E-state index in [-0.39, 0.29) is 8.80 Å². The molecule has 1 rings (SSSR count). The van der Waals surface area contributed by atoms with E-state index in [1.165, 1.54) is 24.6 Å². The standard InChI is InChI=1S/C11H23BrSi/c1-2-3-8-13-9-5-11(4-7-12)6-10-13/h11,13H,2-10H2,1H3. The topological polar surface area (TPSA) is 0 Å². The van der Waals surface area contributed by atoms with E-state index < -0.39 is 0 Å². The Bertz CT molecular complexity index is 119. The van der Waals surface area contributed by atoms with E-state index in [4.69, 9.17) is 0 Å². The van der Waals surface area contributed by atoms with Gasteiger partial charge in [0.1, 0.15) is 0 Å². The van der Waals surface area contributed by atoms with E-state index in [1.807, 2.05) is 0 Å². The minimum absolute atomic E-state index is 0.223. The number of rotatable bonds is 5. The summed E-state index contributed by atoms with van der Waals surface area (Å²) in [6.45, 7) is 2.32. The largest absolute Gasteiger partial charge is 0.0928 e. The van der Waals surface area contributed by atoms with Crippen LogP contribution in [0, 0.1) is 5.92 Å². The van der Waals surface area contributed by atoms with Crippen LogP contribution in [-0.4, -0.2) is 14.1 Å². The lowest BCUT2D eigenvalue weighted by atomic mass is 10.0. The molecular weight excluding hydrogens is 240 g/mol. The Morgan fingerprint density at radius 1 is 1.31 bits per heavy atom. The summed E-state index contributed by atoms with van der Waals surface area (Å²) in [5, 5.41) is 1.22. The fourth-order valence-electron chi connectivity index (χ4n) is 2.46. The van der Waals surface area contributed by atoms with Crippen molar-refractivity contribution in [2.45, 2.75) is 57.2 Å². The maximum atomic E-state index is 3.55. The Hall–Kier alpha value is 0.697. The van der Waals surface area contributed by atoms with Crippen molar-refractivity contribution in [3.8, 4) is 0 Å². The van der Waals surface area contributed by atoms with Crippen molar-refractivity contribution < 1.29 is 0 Å². The zero-order valence-corrected chi connectivity index (χ0v) is 11.6. The molecule has 78 valence electrons. The van der Waals surface area contributed by atoms with Crippen molar-refractivity contribution in [2.75, 3.05) is 5.33 Å². The Labute approximate surface area is 93.2 Å². The third-order valence-electron chi connectivity index (χ3n) is 3.45. The predicted molar refractivity (Wildman–Crippen MR) is 67.6 cm³/mol. The Balaban J connectivity index is 2.08. The first-order valence-corrected chi connectivity index (χ1v) is 9.49. The molecule has 0 aromatic rings. The van der Waals surface area contributed by atoms with Crippen LogP contribution in [-0.2, 0) is 0 Å². The molecular formula is C11H23BrSi. The quantitative estimate of drug-likeness (QED) is 0.515. The number of hydrogen-bond acceptors (Lipinski definition) is 0. The van der Waals surface area contributed by atoms with Gasteiger partial charge in [0, 0.05) is 14.1 Å². The Morgan fingerprint density at radius 2 is 2.00 bits per heavy atom. The summed E-state index contributed by atoms with van der Waals surface area (Å²) in [7, 11) is -0.223. The normalized spacial score (nSPS) is 29.1. The first-order valence-electron chi connectivity index (χ1n) is 5.92. The van der Waals surface area contributed by atoms with Crippen molar-refractivity contribution in [2.24, 2.45) is 5.92 Å². The Kier molecular flexibility index (Phi) is 6.38. The lowest BCUT2D eigenvalue weighted by Crippen LogP contribution is -2.21. The van der Waals surface area contributed by atoms with Gasteiger partial charge in [-0.1, -0.05) is 66.7 Å². The highest BCUT2D eigenvalue weighted by Crippen LogP contribution is 2.30. The smallest absolute Gasteiger partial charge is 0.0368 e. The molecule has 0 unspecified atom stereocenters.